The van der Waals surface area contributed by atoms with Crippen LogP contribution >= 0.6 is 0 Å². The maximum atomic E-state index is 12.8. The normalized spacial score (nSPS) is 25.9. The predicted octanol–water partition coefficient (Wildman–Crippen LogP) is 0.00970. The first-order valence-corrected chi connectivity index (χ1v) is 9.73. The zero-order valence-corrected chi connectivity index (χ0v) is 15.7. The van der Waals surface area contributed by atoms with Crippen LogP contribution in [0.2, 0.25) is 0 Å². The fourth-order valence-corrected chi connectivity index (χ4v) is 4.53. The smallest absolute Gasteiger partial charge is 0.328 e. The molecule has 0 bridgehead atoms. The van der Waals surface area contributed by atoms with Crippen LogP contribution in [0.3, 0.4) is 0 Å². The Bertz CT molecular complexity index is 884. The van der Waals surface area contributed by atoms with Gasteiger partial charge in [0.1, 0.15) is 0 Å². The van der Waals surface area contributed by atoms with Gasteiger partial charge in [0.05, 0.1) is 6.42 Å². The summed E-state index contributed by atoms with van der Waals surface area (Å²) in [5.41, 5.74) is -0.622. The number of piperidine rings is 2. The quantitative estimate of drug-likeness (QED) is 0.806. The summed E-state index contributed by atoms with van der Waals surface area (Å²) in [6.07, 6.45) is 6.88. The highest BCUT2D eigenvalue weighted by Gasteiger charge is 2.46. The molecular formula is C19H26N4O4. The molecule has 1 aromatic rings. The van der Waals surface area contributed by atoms with Crippen molar-refractivity contribution in [3.05, 3.63) is 32.6 Å². The third kappa shape index (κ3) is 3.44. The van der Waals surface area contributed by atoms with Crippen molar-refractivity contribution in [2.24, 2.45) is 12.5 Å². The molecule has 1 N–H and O–H groups in total. The van der Waals surface area contributed by atoms with Gasteiger partial charge in [-0.2, -0.15) is 0 Å². The number of amides is 2. The van der Waals surface area contributed by atoms with Gasteiger partial charge in [0.15, 0.2) is 0 Å². The van der Waals surface area contributed by atoms with E-state index >= 15 is 0 Å². The lowest BCUT2D eigenvalue weighted by molar-refractivity contribution is -0.143. The summed E-state index contributed by atoms with van der Waals surface area (Å²) in [7, 11) is 1.40. The third-order valence-corrected chi connectivity index (χ3v) is 6.29. The second kappa shape index (κ2) is 6.65. The Kier molecular flexibility index (Phi) is 4.44. The van der Waals surface area contributed by atoms with Crippen LogP contribution in [-0.2, 0) is 23.1 Å². The van der Waals surface area contributed by atoms with Gasteiger partial charge >= 0.3 is 5.69 Å². The number of hydrogen-bond donors (Lipinski definition) is 1. The first-order chi connectivity index (χ1) is 12.9. The van der Waals surface area contributed by atoms with Crippen LogP contribution in [0.15, 0.2) is 15.8 Å². The number of likely N-dealkylation sites (tertiary alicyclic amines) is 2. The number of aromatic nitrogens is 2. The fourth-order valence-electron chi connectivity index (χ4n) is 4.53. The van der Waals surface area contributed by atoms with E-state index in [1.165, 1.54) is 13.2 Å². The molecule has 2 amide bonds. The SMILES string of the molecule is Cn1c(=O)[nH]cc(CC(=O)N2CCC[C@@]3(CCC(=O)N(C4CC4)C3)C2)c1=O. The van der Waals surface area contributed by atoms with Crippen molar-refractivity contribution < 1.29 is 9.59 Å². The molecule has 3 aliphatic rings. The van der Waals surface area contributed by atoms with E-state index < -0.39 is 11.2 Å². The molecule has 1 atom stereocenters. The number of rotatable bonds is 3. The van der Waals surface area contributed by atoms with E-state index in [-0.39, 0.29) is 23.7 Å². The van der Waals surface area contributed by atoms with Crippen LogP contribution in [0, 0.1) is 5.41 Å². The maximum Gasteiger partial charge on any atom is 0.328 e. The molecule has 1 aliphatic carbocycles. The van der Waals surface area contributed by atoms with Crippen molar-refractivity contribution in [1.29, 1.82) is 0 Å². The number of carbonyl (C=O) groups excluding carboxylic acids is 2. The van der Waals surface area contributed by atoms with Crippen molar-refractivity contribution in [2.45, 2.75) is 51.0 Å². The molecule has 0 aromatic carbocycles. The molecule has 27 heavy (non-hydrogen) atoms. The number of H-pyrrole nitrogens is 1. The van der Waals surface area contributed by atoms with Gasteiger partial charge in [-0.1, -0.05) is 0 Å². The maximum absolute atomic E-state index is 12.8. The zero-order valence-electron chi connectivity index (χ0n) is 15.7. The Labute approximate surface area is 157 Å². The first-order valence-electron chi connectivity index (χ1n) is 9.73. The lowest BCUT2D eigenvalue weighted by Crippen LogP contribution is -2.55. The molecule has 3 heterocycles. The van der Waals surface area contributed by atoms with Crippen LogP contribution in [-0.4, -0.2) is 56.8 Å². The standard InChI is InChI=1S/C19H26N4O4/c1-21-17(26)13(10-20-18(21)27)9-16(25)22-8-2-6-19(11-22)7-5-15(24)23(12-19)14-3-4-14/h10,14H,2-9,11-12H2,1H3,(H,20,27)/t19-/m1/s1. The summed E-state index contributed by atoms with van der Waals surface area (Å²) in [5, 5.41) is 0. The molecule has 8 heteroatoms. The Morgan fingerprint density at radius 3 is 2.74 bits per heavy atom. The van der Waals surface area contributed by atoms with Crippen molar-refractivity contribution in [3.8, 4) is 0 Å². The number of hydrogen-bond acceptors (Lipinski definition) is 4. The number of nitrogens with zero attached hydrogens (tertiary/aromatic N) is 3. The van der Waals surface area contributed by atoms with Gasteiger partial charge in [0.2, 0.25) is 11.8 Å². The van der Waals surface area contributed by atoms with Gasteiger partial charge in [-0.25, -0.2) is 4.79 Å². The lowest BCUT2D eigenvalue weighted by Gasteiger charge is -2.48. The molecule has 8 nitrogen and oxygen atoms in total. The Morgan fingerprint density at radius 1 is 1.22 bits per heavy atom. The van der Waals surface area contributed by atoms with E-state index in [4.69, 9.17) is 0 Å². The van der Waals surface area contributed by atoms with E-state index in [0.717, 1.165) is 43.2 Å². The Balaban J connectivity index is 1.47. The first kappa shape index (κ1) is 18.0. The minimum atomic E-state index is -0.486. The summed E-state index contributed by atoms with van der Waals surface area (Å²) in [5.74, 6) is 0.163. The van der Waals surface area contributed by atoms with E-state index in [9.17, 15) is 19.2 Å². The highest BCUT2D eigenvalue weighted by molar-refractivity contribution is 5.79. The van der Waals surface area contributed by atoms with Crippen LogP contribution in [0.5, 0.6) is 0 Å². The van der Waals surface area contributed by atoms with Crippen LogP contribution in [0.4, 0.5) is 0 Å². The van der Waals surface area contributed by atoms with Gasteiger partial charge in [0.25, 0.3) is 5.56 Å². The molecule has 3 fully saturated rings. The van der Waals surface area contributed by atoms with E-state index in [1.54, 1.807) is 0 Å². The minimum absolute atomic E-state index is 0.00912. The van der Waals surface area contributed by atoms with E-state index in [0.29, 0.717) is 31.1 Å². The second-order valence-electron chi connectivity index (χ2n) is 8.33. The van der Waals surface area contributed by atoms with Gasteiger partial charge in [-0.05, 0) is 32.1 Å². The van der Waals surface area contributed by atoms with Gasteiger partial charge in [-0.15, -0.1) is 0 Å². The third-order valence-electron chi connectivity index (χ3n) is 6.29. The molecular weight excluding hydrogens is 348 g/mol. The largest absolute Gasteiger partial charge is 0.342 e. The van der Waals surface area contributed by atoms with Crippen molar-refractivity contribution in [3.63, 3.8) is 0 Å². The zero-order chi connectivity index (χ0) is 19.2. The highest BCUT2D eigenvalue weighted by Crippen LogP contribution is 2.42. The second-order valence-corrected chi connectivity index (χ2v) is 8.33. The predicted molar refractivity (Wildman–Crippen MR) is 98.2 cm³/mol. The van der Waals surface area contributed by atoms with Crippen molar-refractivity contribution >= 4 is 11.8 Å². The summed E-state index contributed by atoms with van der Waals surface area (Å²) in [6, 6.07) is 0.407. The summed E-state index contributed by atoms with van der Waals surface area (Å²) >= 11 is 0. The Hall–Kier alpha value is -2.38. The molecule has 1 saturated carbocycles. The van der Waals surface area contributed by atoms with Crippen molar-refractivity contribution in [2.75, 3.05) is 19.6 Å². The molecule has 4 rings (SSSR count). The van der Waals surface area contributed by atoms with Gasteiger partial charge < -0.3 is 14.8 Å². The van der Waals surface area contributed by atoms with E-state index in [1.807, 2.05) is 9.80 Å². The molecule has 1 aromatic heterocycles. The monoisotopic (exact) mass is 374 g/mol. The lowest BCUT2D eigenvalue weighted by atomic mass is 9.73. The summed E-state index contributed by atoms with van der Waals surface area (Å²) in [4.78, 5) is 55.1. The van der Waals surface area contributed by atoms with Crippen LogP contribution < -0.4 is 11.2 Å². The highest BCUT2D eigenvalue weighted by atomic mass is 16.2. The van der Waals surface area contributed by atoms with E-state index in [2.05, 4.69) is 4.98 Å². The fraction of sp³-hybridized carbons (Fsp3) is 0.684. The van der Waals surface area contributed by atoms with Gasteiger partial charge in [-0.3, -0.25) is 19.0 Å². The topological polar surface area (TPSA) is 95.5 Å². The molecule has 0 unspecified atom stereocenters. The number of aromatic amines is 1. The molecule has 1 spiro atoms. The van der Waals surface area contributed by atoms with Crippen LogP contribution in [0.25, 0.3) is 0 Å². The molecule has 2 saturated heterocycles. The minimum Gasteiger partial charge on any atom is -0.342 e. The number of carbonyl (C=O) groups is 2. The van der Waals surface area contributed by atoms with Crippen molar-refractivity contribution in [1.82, 2.24) is 19.4 Å². The van der Waals surface area contributed by atoms with Gasteiger partial charge in [0, 0.05) is 56.3 Å². The van der Waals surface area contributed by atoms with Crippen LogP contribution in [0.1, 0.15) is 44.1 Å². The Morgan fingerprint density at radius 2 is 2.00 bits per heavy atom. The number of nitrogens with one attached hydrogen (secondary N) is 1. The average molecular weight is 374 g/mol. The molecule has 146 valence electrons. The summed E-state index contributed by atoms with van der Waals surface area (Å²) in [6.45, 7) is 2.08. The average Bonchev–Trinajstić information content (AvgIpc) is 3.50. The summed E-state index contributed by atoms with van der Waals surface area (Å²) < 4.78 is 0.987. The molecule has 0 radical (unpaired) electrons. The molecule has 2 aliphatic heterocycles.